The van der Waals surface area contributed by atoms with Gasteiger partial charge in [0.05, 0.1) is 17.7 Å². The molecule has 1 unspecified atom stereocenters. The fraction of sp³-hybridized carbons (Fsp3) is 0.400. The van der Waals surface area contributed by atoms with E-state index < -0.39 is 0 Å². The molecule has 14 heavy (non-hydrogen) atoms. The van der Waals surface area contributed by atoms with E-state index >= 15 is 0 Å². The second-order valence-electron chi connectivity index (χ2n) is 3.29. The number of halogens is 1. The molecule has 0 bridgehead atoms. The molecule has 4 heteroatoms. The average molecular weight is 258 g/mol. The summed E-state index contributed by atoms with van der Waals surface area (Å²) in [6.07, 6.45) is 1.13. The normalized spacial score (nSPS) is 21.1. The van der Waals surface area contributed by atoms with E-state index in [9.17, 15) is 0 Å². The minimum atomic E-state index is 0.176. The van der Waals surface area contributed by atoms with Gasteiger partial charge in [0.15, 0.2) is 0 Å². The lowest BCUT2D eigenvalue weighted by molar-refractivity contribution is 0.141. The molecule has 0 aliphatic carbocycles. The molecule has 76 valence electrons. The van der Waals surface area contributed by atoms with E-state index in [0.29, 0.717) is 6.61 Å². The van der Waals surface area contributed by atoms with Crippen LogP contribution in [0, 0.1) is 0 Å². The third-order valence-corrected chi connectivity index (χ3v) is 2.76. The van der Waals surface area contributed by atoms with Crippen molar-refractivity contribution in [2.75, 3.05) is 18.9 Å². The van der Waals surface area contributed by atoms with Crippen molar-refractivity contribution in [3.05, 3.63) is 22.7 Å². The maximum Gasteiger partial charge on any atom is 0.134 e. The summed E-state index contributed by atoms with van der Waals surface area (Å²) in [6, 6.07) is 5.54. The summed E-state index contributed by atoms with van der Waals surface area (Å²) >= 11 is 3.41. The second kappa shape index (κ2) is 4.19. The highest BCUT2D eigenvalue weighted by molar-refractivity contribution is 9.10. The third kappa shape index (κ3) is 2.19. The van der Waals surface area contributed by atoms with Crippen molar-refractivity contribution in [1.82, 2.24) is 0 Å². The molecule has 1 aromatic rings. The molecule has 1 aromatic carbocycles. The van der Waals surface area contributed by atoms with E-state index in [1.807, 2.05) is 18.2 Å². The van der Waals surface area contributed by atoms with Gasteiger partial charge in [-0.2, -0.15) is 0 Å². The molecule has 3 nitrogen and oxygen atoms in total. The lowest BCUT2D eigenvalue weighted by atomic mass is 10.3. The van der Waals surface area contributed by atoms with Crippen molar-refractivity contribution in [2.24, 2.45) is 0 Å². The molecule has 0 spiro atoms. The van der Waals surface area contributed by atoms with Gasteiger partial charge in [0, 0.05) is 12.1 Å². The molecule has 1 aliphatic heterocycles. The highest BCUT2D eigenvalue weighted by Crippen LogP contribution is 2.28. The fourth-order valence-electron chi connectivity index (χ4n) is 1.40. The molecule has 1 saturated heterocycles. The predicted molar refractivity (Wildman–Crippen MR) is 58.4 cm³/mol. The fourth-order valence-corrected chi connectivity index (χ4v) is 1.89. The van der Waals surface area contributed by atoms with Crippen LogP contribution in [-0.4, -0.2) is 19.3 Å². The number of anilines is 1. The molecule has 1 fully saturated rings. The lowest BCUT2D eigenvalue weighted by Crippen LogP contribution is -2.15. The summed E-state index contributed by atoms with van der Waals surface area (Å²) in [4.78, 5) is 0. The first kappa shape index (κ1) is 9.80. The Kier molecular flexibility index (Phi) is 2.93. The van der Waals surface area contributed by atoms with E-state index in [2.05, 4.69) is 15.9 Å². The maximum absolute atomic E-state index is 5.73. The molecule has 0 saturated carbocycles. The van der Waals surface area contributed by atoms with Gasteiger partial charge in [0.1, 0.15) is 11.9 Å². The van der Waals surface area contributed by atoms with Gasteiger partial charge >= 0.3 is 0 Å². The molecule has 1 atom stereocenters. The summed E-state index contributed by atoms with van der Waals surface area (Å²) in [5.74, 6) is 0.828. The van der Waals surface area contributed by atoms with Crippen molar-refractivity contribution in [2.45, 2.75) is 12.5 Å². The minimum Gasteiger partial charge on any atom is -0.487 e. The molecule has 2 N–H and O–H groups in total. The molecule has 1 heterocycles. The van der Waals surface area contributed by atoms with E-state index in [1.165, 1.54) is 0 Å². The lowest BCUT2D eigenvalue weighted by Gasteiger charge is -2.13. The number of nitrogen functional groups attached to an aromatic ring is 1. The summed E-state index contributed by atoms with van der Waals surface area (Å²) in [7, 11) is 0. The van der Waals surface area contributed by atoms with Crippen LogP contribution in [0.15, 0.2) is 22.7 Å². The first-order valence-electron chi connectivity index (χ1n) is 4.55. The monoisotopic (exact) mass is 257 g/mol. The quantitative estimate of drug-likeness (QED) is 0.827. The summed E-state index contributed by atoms with van der Waals surface area (Å²) in [5.41, 5.74) is 6.35. The summed E-state index contributed by atoms with van der Waals surface area (Å²) in [6.45, 7) is 1.47. The van der Waals surface area contributed by atoms with Gasteiger partial charge in [-0.1, -0.05) is 0 Å². The maximum atomic E-state index is 5.73. The zero-order valence-electron chi connectivity index (χ0n) is 7.70. The first-order valence-corrected chi connectivity index (χ1v) is 5.34. The van der Waals surface area contributed by atoms with Gasteiger partial charge < -0.3 is 15.2 Å². The molecule has 0 aromatic heterocycles. The van der Waals surface area contributed by atoms with Crippen molar-refractivity contribution < 1.29 is 9.47 Å². The minimum absolute atomic E-state index is 0.176. The Bertz CT molecular complexity index is 324. The van der Waals surface area contributed by atoms with Gasteiger partial charge in [-0.05, 0) is 34.1 Å². The van der Waals surface area contributed by atoms with Gasteiger partial charge in [0.2, 0.25) is 0 Å². The Morgan fingerprint density at radius 2 is 2.36 bits per heavy atom. The van der Waals surface area contributed by atoms with E-state index in [0.717, 1.165) is 28.9 Å². The summed E-state index contributed by atoms with van der Waals surface area (Å²) < 4.78 is 11.9. The van der Waals surface area contributed by atoms with Crippen LogP contribution in [0.5, 0.6) is 5.75 Å². The van der Waals surface area contributed by atoms with Gasteiger partial charge in [-0.3, -0.25) is 0 Å². The Morgan fingerprint density at radius 3 is 3.00 bits per heavy atom. The van der Waals surface area contributed by atoms with Crippen molar-refractivity contribution in [1.29, 1.82) is 0 Å². The first-order chi connectivity index (χ1) is 6.75. The number of ether oxygens (including phenoxy) is 2. The zero-order valence-corrected chi connectivity index (χ0v) is 9.29. The molecular weight excluding hydrogens is 246 g/mol. The van der Waals surface area contributed by atoms with E-state index in [1.54, 1.807) is 0 Å². The van der Waals surface area contributed by atoms with Crippen molar-refractivity contribution in [3.8, 4) is 5.75 Å². The second-order valence-corrected chi connectivity index (χ2v) is 4.15. The Hall–Kier alpha value is -0.740. The van der Waals surface area contributed by atoms with Crippen molar-refractivity contribution >= 4 is 21.6 Å². The topological polar surface area (TPSA) is 44.5 Å². The molecule has 1 aliphatic rings. The predicted octanol–water partition coefficient (Wildman–Crippen LogP) is 2.20. The van der Waals surface area contributed by atoms with Crippen LogP contribution in [-0.2, 0) is 4.74 Å². The van der Waals surface area contributed by atoms with Gasteiger partial charge in [0.25, 0.3) is 0 Å². The molecule has 0 amide bonds. The van der Waals surface area contributed by atoms with Crippen LogP contribution < -0.4 is 10.5 Å². The van der Waals surface area contributed by atoms with Crippen LogP contribution >= 0.6 is 15.9 Å². The highest BCUT2D eigenvalue weighted by atomic mass is 79.9. The SMILES string of the molecule is Nc1ccc(OC2CCOC2)c(Br)c1. The molecule has 0 radical (unpaired) electrons. The average Bonchev–Trinajstić information content (AvgIpc) is 2.62. The Morgan fingerprint density at radius 1 is 1.50 bits per heavy atom. The van der Waals surface area contributed by atoms with Crippen LogP contribution in [0.3, 0.4) is 0 Å². The van der Waals surface area contributed by atoms with Crippen molar-refractivity contribution in [3.63, 3.8) is 0 Å². The largest absolute Gasteiger partial charge is 0.487 e. The zero-order chi connectivity index (χ0) is 9.97. The van der Waals surface area contributed by atoms with Crippen LogP contribution in [0.2, 0.25) is 0 Å². The molecule has 2 rings (SSSR count). The van der Waals surface area contributed by atoms with Crippen LogP contribution in [0.4, 0.5) is 5.69 Å². The van der Waals surface area contributed by atoms with E-state index in [-0.39, 0.29) is 6.10 Å². The summed E-state index contributed by atoms with van der Waals surface area (Å²) in [5, 5.41) is 0. The smallest absolute Gasteiger partial charge is 0.134 e. The Balaban J connectivity index is 2.08. The Labute approximate surface area is 91.3 Å². The number of hydrogen-bond acceptors (Lipinski definition) is 3. The van der Waals surface area contributed by atoms with Gasteiger partial charge in [-0.15, -0.1) is 0 Å². The van der Waals surface area contributed by atoms with Crippen LogP contribution in [0.1, 0.15) is 6.42 Å². The van der Waals surface area contributed by atoms with E-state index in [4.69, 9.17) is 15.2 Å². The molecular formula is C10H12BrNO2. The highest BCUT2D eigenvalue weighted by Gasteiger charge is 2.17. The van der Waals surface area contributed by atoms with Crippen LogP contribution in [0.25, 0.3) is 0 Å². The van der Waals surface area contributed by atoms with Gasteiger partial charge in [-0.25, -0.2) is 0 Å². The number of rotatable bonds is 2. The number of benzene rings is 1. The number of hydrogen-bond donors (Lipinski definition) is 1. The third-order valence-electron chi connectivity index (χ3n) is 2.14. The standard InChI is InChI=1S/C10H12BrNO2/c11-9-5-7(12)1-2-10(9)14-8-3-4-13-6-8/h1-2,5,8H,3-4,6,12H2. The number of nitrogens with two attached hydrogens (primary N) is 1.